The Hall–Kier alpha value is -2.67. The van der Waals surface area contributed by atoms with Gasteiger partial charge in [-0.25, -0.2) is 0 Å². The molecule has 20 heavy (non-hydrogen) atoms. The minimum atomic E-state index is -0.433. The fourth-order valence-electron chi connectivity index (χ4n) is 2.30. The van der Waals surface area contributed by atoms with Crippen molar-refractivity contribution in [2.45, 2.75) is 12.1 Å². The fourth-order valence-corrected chi connectivity index (χ4v) is 2.30. The minimum Gasteiger partial charge on any atom is -0.497 e. The lowest BCUT2D eigenvalue weighted by Crippen LogP contribution is -2.33. The summed E-state index contributed by atoms with van der Waals surface area (Å²) in [5, 5.41) is 12.6. The zero-order chi connectivity index (χ0) is 13.9. The van der Waals surface area contributed by atoms with Crippen LogP contribution in [0.25, 0.3) is 0 Å². The zero-order valence-electron chi connectivity index (χ0n) is 11.0. The molecule has 0 fully saturated rings. The lowest BCUT2D eigenvalue weighted by molar-refractivity contribution is 0.189. The van der Waals surface area contributed by atoms with Crippen LogP contribution < -0.4 is 14.8 Å². The molecule has 0 spiro atoms. The number of nitriles is 1. The maximum absolute atomic E-state index is 9.35. The van der Waals surface area contributed by atoms with Crippen molar-refractivity contribution in [3.63, 3.8) is 0 Å². The van der Waals surface area contributed by atoms with Crippen LogP contribution in [-0.4, -0.2) is 13.2 Å². The largest absolute Gasteiger partial charge is 0.497 e. The summed E-state index contributed by atoms with van der Waals surface area (Å²) in [6.45, 7) is 0. The summed E-state index contributed by atoms with van der Waals surface area (Å²) in [4.78, 5) is 0. The first kappa shape index (κ1) is 12.4. The van der Waals surface area contributed by atoms with Crippen LogP contribution in [0.4, 0.5) is 5.69 Å². The smallest absolute Gasteiger partial charge is 0.157 e. The van der Waals surface area contributed by atoms with E-state index in [2.05, 4.69) is 11.4 Å². The van der Waals surface area contributed by atoms with E-state index in [1.165, 1.54) is 0 Å². The van der Waals surface area contributed by atoms with Gasteiger partial charge < -0.3 is 14.8 Å². The summed E-state index contributed by atoms with van der Waals surface area (Å²) in [6, 6.07) is 17.1. The van der Waals surface area contributed by atoms with Gasteiger partial charge in [-0.1, -0.05) is 30.3 Å². The summed E-state index contributed by atoms with van der Waals surface area (Å²) < 4.78 is 11.2. The lowest BCUT2D eigenvalue weighted by Gasteiger charge is -2.31. The van der Waals surface area contributed by atoms with E-state index in [0.29, 0.717) is 0 Å². The van der Waals surface area contributed by atoms with Gasteiger partial charge in [-0.15, -0.1) is 0 Å². The molecule has 1 aliphatic rings. The van der Waals surface area contributed by atoms with E-state index in [4.69, 9.17) is 9.47 Å². The molecule has 2 aromatic rings. The van der Waals surface area contributed by atoms with E-state index in [1.807, 2.05) is 48.5 Å². The molecule has 3 rings (SSSR count). The molecule has 4 nitrogen and oxygen atoms in total. The molecule has 0 amide bonds. The van der Waals surface area contributed by atoms with Crippen LogP contribution in [0.2, 0.25) is 0 Å². The van der Waals surface area contributed by atoms with E-state index in [1.54, 1.807) is 7.11 Å². The maximum Gasteiger partial charge on any atom is 0.157 e. The molecule has 2 unspecified atom stereocenters. The summed E-state index contributed by atoms with van der Waals surface area (Å²) >= 11 is 0. The zero-order valence-corrected chi connectivity index (χ0v) is 11.0. The Morgan fingerprint density at radius 2 is 2.00 bits per heavy atom. The van der Waals surface area contributed by atoms with Crippen molar-refractivity contribution >= 4 is 5.69 Å². The van der Waals surface area contributed by atoms with Gasteiger partial charge in [-0.05, 0) is 17.7 Å². The number of hydrogen-bond donors (Lipinski definition) is 1. The monoisotopic (exact) mass is 266 g/mol. The number of ether oxygens (including phenoxy) is 2. The van der Waals surface area contributed by atoms with Crippen molar-refractivity contribution in [3.05, 3.63) is 54.1 Å². The fraction of sp³-hybridized carbons (Fsp3) is 0.188. The Morgan fingerprint density at radius 3 is 2.70 bits per heavy atom. The van der Waals surface area contributed by atoms with Gasteiger partial charge in [0, 0.05) is 6.07 Å². The number of hydrogen-bond acceptors (Lipinski definition) is 4. The van der Waals surface area contributed by atoms with E-state index in [9.17, 15) is 5.26 Å². The van der Waals surface area contributed by atoms with Gasteiger partial charge in [-0.3, -0.25) is 0 Å². The number of rotatable bonds is 2. The molecular weight excluding hydrogens is 252 g/mol. The van der Waals surface area contributed by atoms with Crippen LogP contribution >= 0.6 is 0 Å². The van der Waals surface area contributed by atoms with Crippen molar-refractivity contribution in [1.29, 1.82) is 5.26 Å². The Bertz CT molecular complexity index is 649. The highest BCUT2D eigenvalue weighted by Crippen LogP contribution is 2.39. The predicted octanol–water partition coefficient (Wildman–Crippen LogP) is 3.13. The first-order valence-corrected chi connectivity index (χ1v) is 6.37. The minimum absolute atomic E-state index is 0.318. The molecule has 2 aromatic carbocycles. The van der Waals surface area contributed by atoms with Crippen LogP contribution in [0.5, 0.6) is 11.5 Å². The molecule has 2 atom stereocenters. The number of methoxy groups -OCH3 is 1. The van der Waals surface area contributed by atoms with Crippen molar-refractivity contribution < 1.29 is 9.47 Å². The van der Waals surface area contributed by atoms with Gasteiger partial charge in [0.25, 0.3) is 0 Å². The summed E-state index contributed by atoms with van der Waals surface area (Å²) in [6.07, 6.45) is -0.318. The molecule has 0 radical (unpaired) electrons. The SMILES string of the molecule is COc1ccc2c(c1)NC(C#N)C(c1ccccc1)O2. The Labute approximate surface area is 117 Å². The van der Waals surface area contributed by atoms with Crippen LogP contribution in [0.3, 0.4) is 0 Å². The second kappa shape index (κ2) is 5.14. The van der Waals surface area contributed by atoms with Gasteiger partial charge >= 0.3 is 0 Å². The molecule has 4 heteroatoms. The third kappa shape index (κ3) is 2.14. The Kier molecular flexibility index (Phi) is 3.18. The Balaban J connectivity index is 1.97. The first-order valence-electron chi connectivity index (χ1n) is 6.37. The number of nitrogens with zero attached hydrogens (tertiary/aromatic N) is 1. The number of nitrogens with one attached hydrogen (secondary N) is 1. The highest BCUT2D eigenvalue weighted by Gasteiger charge is 2.31. The van der Waals surface area contributed by atoms with Crippen molar-refractivity contribution in [2.24, 2.45) is 0 Å². The quantitative estimate of drug-likeness (QED) is 0.907. The average molecular weight is 266 g/mol. The van der Waals surface area contributed by atoms with Crippen LogP contribution in [0, 0.1) is 11.3 Å². The molecule has 0 saturated heterocycles. The second-order valence-electron chi connectivity index (χ2n) is 4.56. The third-order valence-electron chi connectivity index (χ3n) is 3.32. The topological polar surface area (TPSA) is 54.3 Å². The van der Waals surface area contributed by atoms with Crippen LogP contribution in [-0.2, 0) is 0 Å². The van der Waals surface area contributed by atoms with E-state index < -0.39 is 6.04 Å². The molecule has 100 valence electrons. The van der Waals surface area contributed by atoms with Crippen LogP contribution in [0.15, 0.2) is 48.5 Å². The number of benzene rings is 2. The number of anilines is 1. The highest BCUT2D eigenvalue weighted by atomic mass is 16.5. The predicted molar refractivity (Wildman–Crippen MR) is 75.8 cm³/mol. The van der Waals surface area contributed by atoms with Crippen molar-refractivity contribution in [1.82, 2.24) is 0 Å². The summed E-state index contributed by atoms with van der Waals surface area (Å²) in [5.41, 5.74) is 1.76. The van der Waals surface area contributed by atoms with Gasteiger partial charge in [0.1, 0.15) is 11.5 Å². The van der Waals surface area contributed by atoms with Crippen molar-refractivity contribution in [2.75, 3.05) is 12.4 Å². The normalized spacial score (nSPS) is 20.0. The second-order valence-corrected chi connectivity index (χ2v) is 4.56. The van der Waals surface area contributed by atoms with Gasteiger partial charge in [0.15, 0.2) is 12.1 Å². The molecule has 1 heterocycles. The molecule has 0 aliphatic carbocycles. The van der Waals surface area contributed by atoms with Gasteiger partial charge in [0.2, 0.25) is 0 Å². The number of fused-ring (bicyclic) bond motifs is 1. The van der Waals surface area contributed by atoms with Gasteiger partial charge in [-0.2, -0.15) is 5.26 Å². The van der Waals surface area contributed by atoms with E-state index in [-0.39, 0.29) is 6.10 Å². The van der Waals surface area contributed by atoms with E-state index in [0.717, 1.165) is 22.7 Å². The molecule has 0 saturated carbocycles. The molecular formula is C16H14N2O2. The highest BCUT2D eigenvalue weighted by molar-refractivity contribution is 5.63. The van der Waals surface area contributed by atoms with Gasteiger partial charge in [0.05, 0.1) is 18.9 Å². The van der Waals surface area contributed by atoms with Crippen molar-refractivity contribution in [3.8, 4) is 17.6 Å². The maximum atomic E-state index is 9.35. The molecule has 0 aromatic heterocycles. The Morgan fingerprint density at radius 1 is 1.20 bits per heavy atom. The first-order chi connectivity index (χ1) is 9.81. The van der Waals surface area contributed by atoms with Crippen LogP contribution in [0.1, 0.15) is 11.7 Å². The lowest BCUT2D eigenvalue weighted by atomic mass is 10.0. The standard InChI is InChI=1S/C16H14N2O2/c1-19-12-7-8-15-13(9-12)18-14(10-17)16(20-15)11-5-3-2-4-6-11/h2-9,14,16,18H,1H3. The summed E-state index contributed by atoms with van der Waals surface area (Å²) in [5.74, 6) is 1.46. The van der Waals surface area contributed by atoms with E-state index >= 15 is 0 Å². The summed E-state index contributed by atoms with van der Waals surface area (Å²) in [7, 11) is 1.61. The third-order valence-corrected chi connectivity index (χ3v) is 3.32. The molecule has 0 bridgehead atoms. The average Bonchev–Trinajstić information content (AvgIpc) is 2.53. The molecule has 1 aliphatic heterocycles. The molecule has 1 N–H and O–H groups in total.